The lowest BCUT2D eigenvalue weighted by Crippen LogP contribution is -1.89. The van der Waals surface area contributed by atoms with Gasteiger partial charge in [0.15, 0.2) is 0 Å². The molecule has 1 heterocycles. The highest BCUT2D eigenvalue weighted by Crippen LogP contribution is 2.31. The zero-order chi connectivity index (χ0) is 9.97. The van der Waals surface area contributed by atoms with Crippen LogP contribution in [0.5, 0.6) is 0 Å². The van der Waals surface area contributed by atoms with Crippen LogP contribution in [-0.2, 0) is 0 Å². The Morgan fingerprint density at radius 3 is 2.71 bits per heavy atom. The van der Waals surface area contributed by atoms with Crippen LogP contribution in [0.1, 0.15) is 0 Å². The molecule has 2 aromatic rings. The van der Waals surface area contributed by atoms with Crippen molar-refractivity contribution >= 4 is 23.2 Å². The van der Waals surface area contributed by atoms with Crippen molar-refractivity contribution in [2.45, 2.75) is 0 Å². The van der Waals surface area contributed by atoms with Gasteiger partial charge in [0, 0.05) is 5.56 Å². The summed E-state index contributed by atoms with van der Waals surface area (Å²) in [6, 6.07) is 5.34. The second kappa shape index (κ2) is 3.90. The van der Waals surface area contributed by atoms with Crippen LogP contribution < -0.4 is 0 Å². The second-order valence-electron chi connectivity index (χ2n) is 2.60. The number of rotatable bonds is 1. The summed E-state index contributed by atoms with van der Waals surface area (Å²) >= 11 is 11.9. The zero-order valence-electron chi connectivity index (χ0n) is 6.98. The highest BCUT2D eigenvalue weighted by atomic mass is 35.5. The number of benzene rings is 1. The number of aromatic nitrogens is 3. The van der Waals surface area contributed by atoms with Crippen LogP contribution in [0.3, 0.4) is 0 Å². The third kappa shape index (κ3) is 1.69. The fourth-order valence-electron chi connectivity index (χ4n) is 1.07. The number of nitrogens with zero attached hydrogens (tertiary/aromatic N) is 3. The molecule has 0 bridgehead atoms. The van der Waals surface area contributed by atoms with Crippen LogP contribution >= 0.6 is 23.2 Å². The van der Waals surface area contributed by atoms with Gasteiger partial charge in [0.05, 0.1) is 16.2 Å². The molecule has 2 rings (SSSR count). The number of hydrogen-bond acceptors (Lipinski definition) is 3. The molecule has 3 nitrogen and oxygen atoms in total. The molecule has 0 aliphatic rings. The molecular formula is C9H5Cl2N3. The standard InChI is InChI=1S/C9H5Cl2N3/c10-7-3-1-2-6(9(7)11)8-4-12-5-13-14-8/h1-5H. The van der Waals surface area contributed by atoms with Gasteiger partial charge in [0.2, 0.25) is 0 Å². The highest BCUT2D eigenvalue weighted by Gasteiger charge is 2.07. The molecule has 70 valence electrons. The van der Waals surface area contributed by atoms with Crippen molar-refractivity contribution in [3.8, 4) is 11.3 Å². The molecule has 0 aliphatic heterocycles. The molecule has 5 heteroatoms. The fourth-order valence-corrected chi connectivity index (χ4v) is 1.47. The fraction of sp³-hybridized carbons (Fsp3) is 0. The van der Waals surface area contributed by atoms with E-state index < -0.39 is 0 Å². The maximum Gasteiger partial charge on any atom is 0.138 e. The van der Waals surface area contributed by atoms with Gasteiger partial charge in [0.25, 0.3) is 0 Å². The smallest absolute Gasteiger partial charge is 0.138 e. The molecule has 1 aromatic carbocycles. The molecule has 0 fully saturated rings. The molecule has 0 radical (unpaired) electrons. The molecule has 0 unspecified atom stereocenters. The van der Waals surface area contributed by atoms with Crippen molar-refractivity contribution in [1.29, 1.82) is 0 Å². The van der Waals surface area contributed by atoms with Crippen molar-refractivity contribution in [2.24, 2.45) is 0 Å². The Hall–Kier alpha value is -1.19. The Morgan fingerprint density at radius 2 is 2.00 bits per heavy atom. The summed E-state index contributed by atoms with van der Waals surface area (Å²) in [6.07, 6.45) is 2.95. The van der Waals surface area contributed by atoms with Gasteiger partial charge in [-0.05, 0) is 6.07 Å². The van der Waals surface area contributed by atoms with E-state index in [4.69, 9.17) is 23.2 Å². The molecule has 0 spiro atoms. The summed E-state index contributed by atoms with van der Waals surface area (Å²) in [5.74, 6) is 0. The van der Waals surface area contributed by atoms with Crippen molar-refractivity contribution in [2.75, 3.05) is 0 Å². The van der Waals surface area contributed by atoms with Crippen LogP contribution in [0.25, 0.3) is 11.3 Å². The summed E-state index contributed by atoms with van der Waals surface area (Å²) in [7, 11) is 0. The van der Waals surface area contributed by atoms with Crippen molar-refractivity contribution in [1.82, 2.24) is 15.2 Å². The van der Waals surface area contributed by atoms with Crippen LogP contribution in [0.4, 0.5) is 0 Å². The topological polar surface area (TPSA) is 38.7 Å². The third-order valence-electron chi connectivity index (χ3n) is 1.71. The van der Waals surface area contributed by atoms with Gasteiger partial charge in [-0.2, -0.15) is 0 Å². The lowest BCUT2D eigenvalue weighted by atomic mass is 10.2. The zero-order valence-corrected chi connectivity index (χ0v) is 8.50. The first-order valence-electron chi connectivity index (χ1n) is 3.86. The lowest BCUT2D eigenvalue weighted by molar-refractivity contribution is 0.976. The van der Waals surface area contributed by atoms with Gasteiger partial charge in [0.1, 0.15) is 12.0 Å². The molecule has 0 saturated carbocycles. The van der Waals surface area contributed by atoms with Crippen molar-refractivity contribution in [3.05, 3.63) is 40.8 Å². The molecule has 1 aromatic heterocycles. The summed E-state index contributed by atoms with van der Waals surface area (Å²) < 4.78 is 0. The Labute approximate surface area is 90.7 Å². The number of hydrogen-bond donors (Lipinski definition) is 0. The molecule has 0 atom stereocenters. The third-order valence-corrected chi connectivity index (χ3v) is 2.53. The van der Waals surface area contributed by atoms with Crippen LogP contribution in [0.2, 0.25) is 10.0 Å². The van der Waals surface area contributed by atoms with E-state index in [1.165, 1.54) is 6.33 Å². The maximum absolute atomic E-state index is 6.00. The first-order chi connectivity index (χ1) is 6.79. The monoisotopic (exact) mass is 225 g/mol. The summed E-state index contributed by atoms with van der Waals surface area (Å²) in [5.41, 5.74) is 1.35. The SMILES string of the molecule is Clc1cccc(-c2cncnn2)c1Cl. The summed E-state index contributed by atoms with van der Waals surface area (Å²) in [4.78, 5) is 3.86. The van der Waals surface area contributed by atoms with Crippen molar-refractivity contribution in [3.63, 3.8) is 0 Å². The molecule has 0 aliphatic carbocycles. The van der Waals surface area contributed by atoms with E-state index in [0.717, 1.165) is 5.56 Å². The predicted octanol–water partition coefficient (Wildman–Crippen LogP) is 2.85. The Kier molecular flexibility index (Phi) is 2.61. The van der Waals surface area contributed by atoms with E-state index in [1.54, 1.807) is 18.3 Å². The van der Waals surface area contributed by atoms with Gasteiger partial charge < -0.3 is 0 Å². The lowest BCUT2D eigenvalue weighted by Gasteiger charge is -2.02. The number of halogens is 2. The Morgan fingerprint density at radius 1 is 1.14 bits per heavy atom. The van der Waals surface area contributed by atoms with Gasteiger partial charge in [-0.15, -0.1) is 10.2 Å². The predicted molar refractivity (Wildman–Crippen MR) is 55.3 cm³/mol. The van der Waals surface area contributed by atoms with E-state index >= 15 is 0 Å². The maximum atomic E-state index is 6.00. The molecule has 14 heavy (non-hydrogen) atoms. The highest BCUT2D eigenvalue weighted by molar-refractivity contribution is 6.43. The van der Waals surface area contributed by atoms with Crippen molar-refractivity contribution < 1.29 is 0 Å². The second-order valence-corrected chi connectivity index (χ2v) is 3.38. The normalized spacial score (nSPS) is 10.1. The summed E-state index contributed by atoms with van der Waals surface area (Å²) in [5, 5.41) is 8.53. The minimum atomic E-state index is 0.469. The van der Waals surface area contributed by atoms with E-state index in [0.29, 0.717) is 15.7 Å². The van der Waals surface area contributed by atoms with E-state index in [-0.39, 0.29) is 0 Å². The largest absolute Gasteiger partial charge is 0.241 e. The Balaban J connectivity index is 2.58. The van der Waals surface area contributed by atoms with Gasteiger partial charge in [-0.25, -0.2) is 4.98 Å². The van der Waals surface area contributed by atoms with E-state index in [9.17, 15) is 0 Å². The molecule has 0 saturated heterocycles. The van der Waals surface area contributed by atoms with Crippen LogP contribution in [-0.4, -0.2) is 15.2 Å². The van der Waals surface area contributed by atoms with Gasteiger partial charge in [-0.3, -0.25) is 0 Å². The molecular weight excluding hydrogens is 221 g/mol. The minimum absolute atomic E-state index is 0.469. The van der Waals surface area contributed by atoms with Crippen LogP contribution in [0.15, 0.2) is 30.7 Å². The first-order valence-corrected chi connectivity index (χ1v) is 4.61. The first kappa shape index (κ1) is 9.37. The average molecular weight is 226 g/mol. The average Bonchev–Trinajstić information content (AvgIpc) is 2.23. The quantitative estimate of drug-likeness (QED) is 0.750. The van der Waals surface area contributed by atoms with Gasteiger partial charge in [-0.1, -0.05) is 35.3 Å². The van der Waals surface area contributed by atoms with E-state index in [2.05, 4.69) is 15.2 Å². The van der Waals surface area contributed by atoms with Crippen LogP contribution in [0, 0.1) is 0 Å². The minimum Gasteiger partial charge on any atom is -0.241 e. The van der Waals surface area contributed by atoms with E-state index in [1.807, 2.05) is 6.07 Å². The molecule has 0 N–H and O–H groups in total. The Bertz CT molecular complexity index is 445. The molecule has 0 amide bonds. The summed E-state index contributed by atoms with van der Waals surface area (Å²) in [6.45, 7) is 0. The van der Waals surface area contributed by atoms with Gasteiger partial charge >= 0.3 is 0 Å².